The van der Waals surface area contributed by atoms with Crippen molar-refractivity contribution in [2.75, 3.05) is 7.05 Å². The van der Waals surface area contributed by atoms with Crippen LogP contribution in [0.3, 0.4) is 0 Å². The first-order valence-corrected chi connectivity index (χ1v) is 8.50. The molecule has 0 radical (unpaired) electrons. The Morgan fingerprint density at radius 2 is 1.88 bits per heavy atom. The van der Waals surface area contributed by atoms with Gasteiger partial charge in [0, 0.05) is 29.3 Å². The molecule has 0 bridgehead atoms. The van der Waals surface area contributed by atoms with Crippen molar-refractivity contribution in [1.82, 2.24) is 4.57 Å². The number of nitrogens with zero attached hydrogens (tertiary/aromatic N) is 2. The zero-order valence-corrected chi connectivity index (χ0v) is 14.0. The summed E-state index contributed by atoms with van der Waals surface area (Å²) < 4.78 is 4.66. The third kappa shape index (κ3) is 1.62. The fourth-order valence-corrected chi connectivity index (χ4v) is 4.56. The average molecular weight is 314 g/mol. The van der Waals surface area contributed by atoms with Crippen molar-refractivity contribution in [3.05, 3.63) is 60.3 Å². The normalized spacial score (nSPS) is 23.0. The molecule has 0 saturated heterocycles. The van der Waals surface area contributed by atoms with Crippen molar-refractivity contribution in [1.29, 1.82) is 5.41 Å². The summed E-state index contributed by atoms with van der Waals surface area (Å²) in [5.74, 6) is 0.131. The Bertz CT molecular complexity index is 1080. The lowest BCUT2D eigenvalue weighted by molar-refractivity contribution is -0.426. The Morgan fingerprint density at radius 1 is 1.08 bits per heavy atom. The van der Waals surface area contributed by atoms with E-state index in [-0.39, 0.29) is 12.0 Å². The molecule has 24 heavy (non-hydrogen) atoms. The summed E-state index contributed by atoms with van der Waals surface area (Å²) in [4.78, 5) is 0. The van der Waals surface area contributed by atoms with Gasteiger partial charge < -0.3 is 9.98 Å². The Kier molecular flexibility index (Phi) is 2.67. The lowest BCUT2D eigenvalue weighted by Crippen LogP contribution is -2.36. The monoisotopic (exact) mass is 314 g/mol. The minimum atomic E-state index is 0.131. The van der Waals surface area contributed by atoms with Gasteiger partial charge in [0.2, 0.25) is 0 Å². The van der Waals surface area contributed by atoms with E-state index < -0.39 is 0 Å². The van der Waals surface area contributed by atoms with Gasteiger partial charge >= 0.3 is 0 Å². The molecule has 5 rings (SSSR count). The minimum Gasteiger partial charge on any atom is -0.336 e. The van der Waals surface area contributed by atoms with Gasteiger partial charge in [-0.3, -0.25) is 0 Å². The maximum absolute atomic E-state index is 8.54. The first kappa shape index (κ1) is 13.7. The summed E-state index contributed by atoms with van der Waals surface area (Å²) in [7, 11) is 2.08. The first-order valence-electron chi connectivity index (χ1n) is 8.50. The molecule has 1 aromatic heterocycles. The highest BCUT2D eigenvalue weighted by molar-refractivity contribution is 6.13. The van der Waals surface area contributed by atoms with Crippen LogP contribution in [0.1, 0.15) is 18.5 Å². The predicted octanol–water partition coefficient (Wildman–Crippen LogP) is 4.16. The average Bonchev–Trinajstić information content (AvgIpc) is 3.13. The summed E-state index contributed by atoms with van der Waals surface area (Å²) in [6.07, 6.45) is 4.95. The number of para-hydroxylation sites is 2. The van der Waals surface area contributed by atoms with Crippen molar-refractivity contribution >= 4 is 33.2 Å². The van der Waals surface area contributed by atoms with E-state index in [1.54, 1.807) is 0 Å². The van der Waals surface area contributed by atoms with Gasteiger partial charge in [0.05, 0.1) is 17.3 Å². The molecule has 3 aromatic rings. The van der Waals surface area contributed by atoms with Crippen molar-refractivity contribution in [2.24, 2.45) is 5.92 Å². The zero-order valence-electron chi connectivity index (χ0n) is 14.0. The fraction of sp³-hybridized carbons (Fsp3) is 0.238. The molecule has 0 unspecified atom stereocenters. The number of aromatic nitrogens is 1. The maximum Gasteiger partial charge on any atom is 0.170 e. The van der Waals surface area contributed by atoms with Crippen molar-refractivity contribution < 1.29 is 4.58 Å². The fourth-order valence-electron chi connectivity index (χ4n) is 4.56. The third-order valence-electron chi connectivity index (χ3n) is 5.78. The van der Waals surface area contributed by atoms with Gasteiger partial charge in [0.25, 0.3) is 0 Å². The van der Waals surface area contributed by atoms with Gasteiger partial charge in [-0.15, -0.1) is 0 Å². The van der Waals surface area contributed by atoms with E-state index >= 15 is 0 Å². The van der Waals surface area contributed by atoms with Crippen LogP contribution in [-0.2, 0) is 6.42 Å². The Morgan fingerprint density at radius 3 is 2.75 bits per heavy atom. The number of fused-ring (bicyclic) bond motifs is 3. The molecule has 2 aliphatic rings. The number of allylic oxidation sites excluding steroid dienone is 1. The Labute approximate surface area is 141 Å². The van der Waals surface area contributed by atoms with E-state index in [4.69, 9.17) is 5.41 Å². The van der Waals surface area contributed by atoms with E-state index in [1.807, 2.05) is 12.3 Å². The maximum atomic E-state index is 8.54. The molecule has 0 spiro atoms. The number of hydrogen-bond donors (Lipinski definition) is 1. The molecule has 3 heterocycles. The SMILES string of the molecule is CC1=[N+](C)C=CC(=N)[C@@H]1[C@H]1Cc2cccc3c4ccccc4n1c23. The lowest BCUT2D eigenvalue weighted by Gasteiger charge is -2.25. The largest absolute Gasteiger partial charge is 0.336 e. The molecule has 0 aliphatic carbocycles. The topological polar surface area (TPSA) is 31.8 Å². The highest BCUT2D eigenvalue weighted by atomic mass is 15.1. The number of benzene rings is 2. The molecular weight excluding hydrogens is 294 g/mol. The molecule has 118 valence electrons. The molecule has 3 nitrogen and oxygen atoms in total. The van der Waals surface area contributed by atoms with Crippen molar-refractivity contribution in [3.8, 4) is 0 Å². The summed E-state index contributed by atoms with van der Waals surface area (Å²) in [5, 5.41) is 11.2. The van der Waals surface area contributed by atoms with Crippen LogP contribution in [-0.4, -0.2) is 27.6 Å². The number of rotatable bonds is 1. The van der Waals surface area contributed by atoms with Gasteiger partial charge in [0.1, 0.15) is 13.0 Å². The molecule has 1 N–H and O–H groups in total. The van der Waals surface area contributed by atoms with E-state index in [0.29, 0.717) is 5.71 Å². The molecule has 2 aliphatic heterocycles. The van der Waals surface area contributed by atoms with Crippen LogP contribution in [0.15, 0.2) is 54.7 Å². The zero-order chi connectivity index (χ0) is 16.4. The van der Waals surface area contributed by atoms with Crippen LogP contribution in [0.25, 0.3) is 21.8 Å². The number of hydrogen-bond acceptors (Lipinski definition) is 1. The van der Waals surface area contributed by atoms with E-state index in [9.17, 15) is 0 Å². The van der Waals surface area contributed by atoms with Crippen molar-refractivity contribution in [2.45, 2.75) is 19.4 Å². The van der Waals surface area contributed by atoms with Crippen LogP contribution in [0.2, 0.25) is 0 Å². The second-order valence-corrected chi connectivity index (χ2v) is 6.97. The van der Waals surface area contributed by atoms with Gasteiger partial charge in [-0.2, -0.15) is 0 Å². The molecule has 3 heteroatoms. The molecule has 2 atom stereocenters. The molecule has 0 amide bonds. The third-order valence-corrected chi connectivity index (χ3v) is 5.78. The molecule has 0 saturated carbocycles. The standard InChI is InChI=1S/C21H20N3/c1-13-20(17(22)10-11-23(13)2)19-12-14-6-5-8-16-15-7-3-4-9-18(15)24(19)21(14)16/h3-11,19-20,22H,12H2,1-2H3/q+1/t19-,20-/m1/s1. The van der Waals surface area contributed by atoms with Crippen LogP contribution in [0, 0.1) is 11.3 Å². The van der Waals surface area contributed by atoms with Crippen LogP contribution in [0.5, 0.6) is 0 Å². The van der Waals surface area contributed by atoms with E-state index in [1.165, 1.54) is 33.1 Å². The number of nitrogens with one attached hydrogen (secondary N) is 1. The minimum absolute atomic E-state index is 0.131. The van der Waals surface area contributed by atoms with Crippen molar-refractivity contribution in [3.63, 3.8) is 0 Å². The van der Waals surface area contributed by atoms with Crippen LogP contribution < -0.4 is 0 Å². The predicted molar refractivity (Wildman–Crippen MR) is 99.4 cm³/mol. The van der Waals surface area contributed by atoms with Gasteiger partial charge in [-0.05, 0) is 18.1 Å². The second kappa shape index (κ2) is 4.67. The van der Waals surface area contributed by atoms with Gasteiger partial charge in [-0.1, -0.05) is 36.4 Å². The Hall–Kier alpha value is -2.68. The lowest BCUT2D eigenvalue weighted by atomic mass is 9.86. The highest BCUT2D eigenvalue weighted by Gasteiger charge is 2.39. The van der Waals surface area contributed by atoms with E-state index in [2.05, 4.69) is 65.6 Å². The highest BCUT2D eigenvalue weighted by Crippen LogP contribution is 2.43. The molecule has 0 fully saturated rings. The summed E-state index contributed by atoms with van der Waals surface area (Å²) in [6.45, 7) is 2.16. The Balaban J connectivity index is 1.82. The van der Waals surface area contributed by atoms with Crippen LogP contribution in [0.4, 0.5) is 0 Å². The van der Waals surface area contributed by atoms with Crippen LogP contribution >= 0.6 is 0 Å². The van der Waals surface area contributed by atoms with Gasteiger partial charge in [0.15, 0.2) is 11.9 Å². The van der Waals surface area contributed by atoms with E-state index in [0.717, 1.165) is 6.42 Å². The quantitative estimate of drug-likeness (QED) is 0.654. The first-order chi connectivity index (χ1) is 11.7. The summed E-state index contributed by atoms with van der Waals surface area (Å²) in [5.41, 5.74) is 6.04. The molecular formula is C21H20N3+. The summed E-state index contributed by atoms with van der Waals surface area (Å²) in [6, 6.07) is 15.6. The van der Waals surface area contributed by atoms with Gasteiger partial charge in [-0.25, -0.2) is 4.58 Å². The smallest absolute Gasteiger partial charge is 0.170 e. The second-order valence-electron chi connectivity index (χ2n) is 6.97. The summed E-state index contributed by atoms with van der Waals surface area (Å²) >= 11 is 0. The molecule has 2 aromatic carbocycles.